The predicted molar refractivity (Wildman–Crippen MR) is 67.0 cm³/mol. The first-order valence-corrected chi connectivity index (χ1v) is 7.53. The molecule has 0 aliphatic heterocycles. The molecule has 1 saturated carbocycles. The summed E-state index contributed by atoms with van der Waals surface area (Å²) in [4.78, 5) is 10.9. The van der Waals surface area contributed by atoms with Crippen molar-refractivity contribution in [1.82, 2.24) is 0 Å². The molecule has 92 valence electrons. The molecule has 0 bridgehead atoms. The maximum Gasteiger partial charge on any atom is 0.154 e. The maximum absolute atomic E-state index is 11.8. The van der Waals surface area contributed by atoms with Gasteiger partial charge in [0.2, 0.25) is 0 Å². The fraction of sp³-hybridized carbons (Fsp3) is 0.417. The second-order valence-corrected chi connectivity index (χ2v) is 7.09. The lowest BCUT2D eigenvalue weighted by Gasteiger charge is -2.01. The standard InChI is InChI=1S/C12H13ClO3S/c1-2-17(15,16)12-10(7-14)11(12)8-4-3-5-9(13)6-8/h3-7,10-12H,2H2,1H3/t10-,11-,12-/m0/s1. The Labute approximate surface area is 106 Å². The lowest BCUT2D eigenvalue weighted by Crippen LogP contribution is -2.12. The Hall–Kier alpha value is -0.870. The highest BCUT2D eigenvalue weighted by Crippen LogP contribution is 2.51. The van der Waals surface area contributed by atoms with Crippen LogP contribution < -0.4 is 0 Å². The Morgan fingerprint density at radius 1 is 1.41 bits per heavy atom. The van der Waals surface area contributed by atoms with E-state index in [1.54, 1.807) is 25.1 Å². The van der Waals surface area contributed by atoms with Gasteiger partial charge in [-0.3, -0.25) is 0 Å². The Morgan fingerprint density at radius 2 is 2.12 bits per heavy atom. The summed E-state index contributed by atoms with van der Waals surface area (Å²) in [6.07, 6.45) is 0.740. The molecule has 0 spiro atoms. The van der Waals surface area contributed by atoms with Crippen LogP contribution in [0.1, 0.15) is 18.4 Å². The summed E-state index contributed by atoms with van der Waals surface area (Å²) in [6.45, 7) is 1.60. The third-order valence-electron chi connectivity index (χ3n) is 3.21. The van der Waals surface area contributed by atoms with Crippen molar-refractivity contribution in [3.8, 4) is 0 Å². The number of rotatable bonds is 4. The monoisotopic (exact) mass is 272 g/mol. The van der Waals surface area contributed by atoms with Gasteiger partial charge < -0.3 is 4.79 Å². The normalized spacial score (nSPS) is 27.8. The lowest BCUT2D eigenvalue weighted by atomic mass is 10.1. The molecule has 0 amide bonds. The van der Waals surface area contributed by atoms with E-state index in [-0.39, 0.29) is 11.7 Å². The Kier molecular flexibility index (Phi) is 3.27. The second kappa shape index (κ2) is 4.42. The van der Waals surface area contributed by atoms with Crippen molar-refractivity contribution in [3.05, 3.63) is 34.9 Å². The summed E-state index contributed by atoms with van der Waals surface area (Å²) in [5.74, 6) is -0.575. The van der Waals surface area contributed by atoms with E-state index < -0.39 is 21.0 Å². The van der Waals surface area contributed by atoms with Crippen LogP contribution in [0, 0.1) is 5.92 Å². The molecule has 0 saturated heterocycles. The first-order valence-electron chi connectivity index (χ1n) is 5.43. The van der Waals surface area contributed by atoms with E-state index >= 15 is 0 Å². The van der Waals surface area contributed by atoms with Gasteiger partial charge in [0.15, 0.2) is 9.84 Å². The van der Waals surface area contributed by atoms with E-state index in [1.165, 1.54) is 0 Å². The van der Waals surface area contributed by atoms with Crippen LogP contribution >= 0.6 is 11.6 Å². The first-order chi connectivity index (χ1) is 8.01. The smallest absolute Gasteiger partial charge is 0.154 e. The van der Waals surface area contributed by atoms with E-state index in [9.17, 15) is 13.2 Å². The molecule has 1 aliphatic rings. The Bertz CT molecular complexity index is 538. The van der Waals surface area contributed by atoms with E-state index in [0.29, 0.717) is 5.02 Å². The Morgan fingerprint density at radius 3 is 2.65 bits per heavy atom. The largest absolute Gasteiger partial charge is 0.303 e. The lowest BCUT2D eigenvalue weighted by molar-refractivity contribution is -0.108. The molecule has 0 radical (unpaired) electrons. The second-order valence-electron chi connectivity index (χ2n) is 4.21. The van der Waals surface area contributed by atoms with Crippen LogP contribution in [0.2, 0.25) is 5.02 Å². The third kappa shape index (κ3) is 2.24. The summed E-state index contributed by atoms with van der Waals surface area (Å²) in [7, 11) is -3.17. The molecule has 0 unspecified atom stereocenters. The van der Waals surface area contributed by atoms with Crippen LogP contribution in [0.4, 0.5) is 0 Å². The van der Waals surface area contributed by atoms with Crippen molar-refractivity contribution >= 4 is 27.7 Å². The van der Waals surface area contributed by atoms with Crippen LogP contribution in [0.3, 0.4) is 0 Å². The minimum absolute atomic E-state index is 0.0685. The minimum Gasteiger partial charge on any atom is -0.303 e. The number of benzene rings is 1. The average Bonchev–Trinajstić information content (AvgIpc) is 3.04. The van der Waals surface area contributed by atoms with Gasteiger partial charge >= 0.3 is 0 Å². The molecule has 1 aromatic rings. The zero-order valence-corrected chi connectivity index (χ0v) is 10.9. The molecule has 0 N–H and O–H groups in total. The first kappa shape index (κ1) is 12.6. The molecule has 1 aliphatic carbocycles. The van der Waals surface area contributed by atoms with Crippen LogP contribution in [0.25, 0.3) is 0 Å². The van der Waals surface area contributed by atoms with Crippen molar-refractivity contribution < 1.29 is 13.2 Å². The molecule has 0 heterocycles. The van der Waals surface area contributed by atoms with E-state index in [2.05, 4.69) is 0 Å². The maximum atomic E-state index is 11.8. The zero-order valence-electron chi connectivity index (χ0n) is 9.34. The van der Waals surface area contributed by atoms with Crippen LogP contribution in [-0.4, -0.2) is 25.7 Å². The average molecular weight is 273 g/mol. The van der Waals surface area contributed by atoms with Crippen molar-refractivity contribution in [2.75, 3.05) is 5.75 Å². The Balaban J connectivity index is 2.33. The van der Waals surface area contributed by atoms with Crippen LogP contribution in [0.15, 0.2) is 24.3 Å². The SMILES string of the molecule is CCS(=O)(=O)[C@H]1[C@@H](C=O)[C@@H]1c1cccc(Cl)c1. The van der Waals surface area contributed by atoms with Gasteiger partial charge in [0.25, 0.3) is 0 Å². The van der Waals surface area contributed by atoms with Crippen LogP contribution in [-0.2, 0) is 14.6 Å². The number of sulfone groups is 1. The molecule has 5 heteroatoms. The van der Waals surface area contributed by atoms with Gasteiger partial charge in [0.1, 0.15) is 6.29 Å². The molecule has 1 aromatic carbocycles. The van der Waals surface area contributed by atoms with Gasteiger partial charge in [0, 0.05) is 22.6 Å². The van der Waals surface area contributed by atoms with Gasteiger partial charge in [0.05, 0.1) is 5.25 Å². The summed E-state index contributed by atoms with van der Waals surface area (Å²) in [5.41, 5.74) is 0.830. The van der Waals surface area contributed by atoms with Crippen molar-refractivity contribution in [2.45, 2.75) is 18.1 Å². The molecule has 3 nitrogen and oxygen atoms in total. The van der Waals surface area contributed by atoms with Crippen LogP contribution in [0.5, 0.6) is 0 Å². The van der Waals surface area contributed by atoms with Gasteiger partial charge in [-0.05, 0) is 17.7 Å². The highest BCUT2D eigenvalue weighted by Gasteiger charge is 2.57. The van der Waals surface area contributed by atoms with Gasteiger partial charge in [-0.2, -0.15) is 0 Å². The quantitative estimate of drug-likeness (QED) is 0.789. The molecule has 0 aromatic heterocycles. The molecule has 1 fully saturated rings. The van der Waals surface area contributed by atoms with Gasteiger partial charge in [-0.1, -0.05) is 30.7 Å². The number of halogens is 1. The summed E-state index contributed by atoms with van der Waals surface area (Å²) in [6, 6.07) is 7.05. The number of carbonyl (C=O) groups is 1. The number of hydrogen-bond donors (Lipinski definition) is 0. The molecule has 17 heavy (non-hydrogen) atoms. The molecule has 2 rings (SSSR count). The zero-order chi connectivity index (χ0) is 12.6. The third-order valence-corrected chi connectivity index (χ3v) is 5.69. The van der Waals surface area contributed by atoms with Crippen molar-refractivity contribution in [1.29, 1.82) is 0 Å². The van der Waals surface area contributed by atoms with E-state index in [1.807, 2.05) is 6.07 Å². The van der Waals surface area contributed by atoms with Crippen molar-refractivity contribution in [2.24, 2.45) is 5.92 Å². The summed E-state index contributed by atoms with van der Waals surface area (Å²) < 4.78 is 23.6. The highest BCUT2D eigenvalue weighted by molar-refractivity contribution is 7.92. The number of aldehydes is 1. The molecular formula is C12H13ClO3S. The number of carbonyl (C=O) groups excluding carboxylic acids is 1. The van der Waals surface area contributed by atoms with E-state index in [4.69, 9.17) is 11.6 Å². The van der Waals surface area contributed by atoms with Gasteiger partial charge in [-0.15, -0.1) is 0 Å². The summed E-state index contributed by atoms with van der Waals surface area (Å²) >= 11 is 5.87. The molecular weight excluding hydrogens is 260 g/mol. The van der Waals surface area contributed by atoms with E-state index in [0.717, 1.165) is 11.8 Å². The highest BCUT2D eigenvalue weighted by atomic mass is 35.5. The summed E-state index contributed by atoms with van der Waals surface area (Å²) in [5, 5.41) is -0.00448. The minimum atomic E-state index is -3.17. The van der Waals surface area contributed by atoms with Crippen molar-refractivity contribution in [3.63, 3.8) is 0 Å². The molecule has 3 atom stereocenters. The predicted octanol–water partition coefficient (Wildman–Crippen LogP) is 2.06. The topological polar surface area (TPSA) is 51.2 Å². The fourth-order valence-electron chi connectivity index (χ4n) is 2.25. The number of hydrogen-bond acceptors (Lipinski definition) is 3. The fourth-order valence-corrected chi connectivity index (χ4v) is 4.24. The van der Waals surface area contributed by atoms with Gasteiger partial charge in [-0.25, -0.2) is 8.42 Å².